The summed E-state index contributed by atoms with van der Waals surface area (Å²) in [5.41, 5.74) is 2.83. The summed E-state index contributed by atoms with van der Waals surface area (Å²) in [4.78, 5) is 15.7. The number of pyridine rings is 1. The van der Waals surface area contributed by atoms with E-state index in [0.717, 1.165) is 11.1 Å². The van der Waals surface area contributed by atoms with Crippen LogP contribution in [-0.2, 0) is 0 Å². The molecule has 2 rings (SSSR count). The zero-order valence-electron chi connectivity index (χ0n) is 9.63. The van der Waals surface area contributed by atoms with Gasteiger partial charge in [-0.2, -0.15) is 0 Å². The van der Waals surface area contributed by atoms with Crippen LogP contribution in [0.5, 0.6) is 0 Å². The van der Waals surface area contributed by atoms with E-state index in [1.807, 2.05) is 43.3 Å². The molecule has 1 aromatic heterocycles. The van der Waals surface area contributed by atoms with Crippen molar-refractivity contribution in [2.24, 2.45) is 0 Å². The summed E-state index contributed by atoms with van der Waals surface area (Å²) in [6.07, 6.45) is 6.79. The molecule has 0 radical (unpaired) electrons. The molecule has 2 nitrogen and oxygen atoms in total. The largest absolute Gasteiger partial charge is 0.289 e. The average molecular weight is 223 g/mol. The molecular weight excluding hydrogens is 210 g/mol. The molecule has 0 saturated carbocycles. The molecule has 0 saturated heterocycles. The van der Waals surface area contributed by atoms with Crippen LogP contribution in [0.2, 0.25) is 0 Å². The Morgan fingerprint density at radius 3 is 2.35 bits per heavy atom. The molecule has 0 aliphatic heterocycles. The number of carbonyl (C=O) groups excluding carboxylic acids is 1. The van der Waals surface area contributed by atoms with Crippen LogP contribution in [0.4, 0.5) is 0 Å². The molecule has 2 aromatic rings. The monoisotopic (exact) mass is 223 g/mol. The maximum absolute atomic E-state index is 11.8. The van der Waals surface area contributed by atoms with E-state index in [1.165, 1.54) is 0 Å². The Kier molecular flexibility index (Phi) is 3.46. The lowest BCUT2D eigenvalue weighted by Gasteiger charge is -1.96. The molecule has 0 aliphatic rings. The molecular formula is C15H13NO. The fraction of sp³-hybridized carbons (Fsp3) is 0.0667. The van der Waals surface area contributed by atoms with Crippen LogP contribution < -0.4 is 0 Å². The quantitative estimate of drug-likeness (QED) is 0.590. The Morgan fingerprint density at radius 1 is 1.06 bits per heavy atom. The van der Waals surface area contributed by atoms with Gasteiger partial charge in [0.05, 0.1) is 0 Å². The van der Waals surface area contributed by atoms with E-state index in [1.54, 1.807) is 24.5 Å². The SMILES string of the molecule is Cc1ccc(C(=O)/C=C/c2ccncc2)cc1. The van der Waals surface area contributed by atoms with Crippen LogP contribution in [0.25, 0.3) is 6.08 Å². The van der Waals surface area contributed by atoms with Gasteiger partial charge >= 0.3 is 0 Å². The Labute approximate surface area is 101 Å². The fourth-order valence-corrected chi connectivity index (χ4v) is 1.46. The second-order valence-corrected chi connectivity index (χ2v) is 3.84. The second-order valence-electron chi connectivity index (χ2n) is 3.84. The number of ketones is 1. The number of rotatable bonds is 3. The number of carbonyl (C=O) groups is 1. The minimum atomic E-state index is 0.0156. The maximum atomic E-state index is 11.8. The normalized spacial score (nSPS) is 10.6. The molecule has 1 aromatic carbocycles. The van der Waals surface area contributed by atoms with Crippen molar-refractivity contribution in [1.82, 2.24) is 4.98 Å². The number of aromatic nitrogens is 1. The Morgan fingerprint density at radius 2 is 1.71 bits per heavy atom. The summed E-state index contributed by atoms with van der Waals surface area (Å²) in [5.74, 6) is 0.0156. The van der Waals surface area contributed by atoms with Crippen LogP contribution in [0.1, 0.15) is 21.5 Å². The van der Waals surface area contributed by atoms with E-state index in [2.05, 4.69) is 4.98 Å². The third kappa shape index (κ3) is 3.11. The van der Waals surface area contributed by atoms with Gasteiger partial charge in [0.15, 0.2) is 5.78 Å². The number of benzene rings is 1. The first-order chi connectivity index (χ1) is 8.25. The smallest absolute Gasteiger partial charge is 0.185 e. The molecule has 17 heavy (non-hydrogen) atoms. The number of hydrogen-bond acceptors (Lipinski definition) is 2. The lowest BCUT2D eigenvalue weighted by atomic mass is 10.1. The van der Waals surface area contributed by atoms with Gasteiger partial charge in [-0.1, -0.05) is 35.9 Å². The topological polar surface area (TPSA) is 30.0 Å². The summed E-state index contributed by atoms with van der Waals surface area (Å²) in [7, 11) is 0. The molecule has 0 bridgehead atoms. The van der Waals surface area contributed by atoms with Crippen molar-refractivity contribution in [3.05, 3.63) is 71.6 Å². The Hall–Kier alpha value is -2.22. The fourth-order valence-electron chi connectivity index (χ4n) is 1.46. The van der Waals surface area contributed by atoms with Gasteiger partial charge in [-0.25, -0.2) is 0 Å². The van der Waals surface area contributed by atoms with E-state index < -0.39 is 0 Å². The van der Waals surface area contributed by atoms with Gasteiger partial charge < -0.3 is 0 Å². The van der Waals surface area contributed by atoms with Gasteiger partial charge in [-0.3, -0.25) is 9.78 Å². The first kappa shape index (κ1) is 11.3. The molecule has 0 aliphatic carbocycles. The predicted octanol–water partition coefficient (Wildman–Crippen LogP) is 3.29. The molecule has 0 N–H and O–H groups in total. The minimum Gasteiger partial charge on any atom is -0.289 e. The molecule has 0 spiro atoms. The summed E-state index contributed by atoms with van der Waals surface area (Å²) < 4.78 is 0. The third-order valence-electron chi connectivity index (χ3n) is 2.47. The van der Waals surface area contributed by atoms with Crippen molar-refractivity contribution in [3.63, 3.8) is 0 Å². The van der Waals surface area contributed by atoms with E-state index in [4.69, 9.17) is 0 Å². The van der Waals surface area contributed by atoms with Gasteiger partial charge in [0.25, 0.3) is 0 Å². The van der Waals surface area contributed by atoms with E-state index >= 15 is 0 Å². The van der Waals surface area contributed by atoms with Crippen molar-refractivity contribution in [1.29, 1.82) is 0 Å². The zero-order chi connectivity index (χ0) is 12.1. The van der Waals surface area contributed by atoms with Crippen molar-refractivity contribution in [3.8, 4) is 0 Å². The minimum absolute atomic E-state index is 0.0156. The van der Waals surface area contributed by atoms with Crippen LogP contribution in [0.15, 0.2) is 54.9 Å². The molecule has 84 valence electrons. The third-order valence-corrected chi connectivity index (χ3v) is 2.47. The summed E-state index contributed by atoms with van der Waals surface area (Å²) >= 11 is 0. The zero-order valence-corrected chi connectivity index (χ0v) is 9.63. The number of aryl methyl sites for hydroxylation is 1. The van der Waals surface area contributed by atoms with Gasteiger partial charge in [0, 0.05) is 18.0 Å². The predicted molar refractivity (Wildman–Crippen MR) is 68.8 cm³/mol. The van der Waals surface area contributed by atoms with Crippen molar-refractivity contribution in [2.45, 2.75) is 6.92 Å². The molecule has 0 atom stereocenters. The Bertz CT molecular complexity index is 527. The lowest BCUT2D eigenvalue weighted by Crippen LogP contribution is -1.93. The first-order valence-corrected chi connectivity index (χ1v) is 5.45. The number of nitrogens with zero attached hydrogens (tertiary/aromatic N) is 1. The van der Waals surface area contributed by atoms with Crippen molar-refractivity contribution >= 4 is 11.9 Å². The van der Waals surface area contributed by atoms with Crippen LogP contribution in [-0.4, -0.2) is 10.8 Å². The number of hydrogen-bond donors (Lipinski definition) is 0. The van der Waals surface area contributed by atoms with E-state index in [9.17, 15) is 4.79 Å². The van der Waals surface area contributed by atoms with Crippen LogP contribution >= 0.6 is 0 Å². The highest BCUT2D eigenvalue weighted by Gasteiger charge is 2.00. The number of allylic oxidation sites excluding steroid dienone is 1. The van der Waals surface area contributed by atoms with Crippen LogP contribution in [0.3, 0.4) is 0 Å². The molecule has 1 heterocycles. The molecule has 2 heteroatoms. The van der Waals surface area contributed by atoms with Crippen molar-refractivity contribution < 1.29 is 4.79 Å². The van der Waals surface area contributed by atoms with Gasteiger partial charge in [0.2, 0.25) is 0 Å². The molecule has 0 amide bonds. The Balaban J connectivity index is 2.12. The summed E-state index contributed by atoms with van der Waals surface area (Å²) in [6, 6.07) is 11.3. The molecule has 0 unspecified atom stereocenters. The first-order valence-electron chi connectivity index (χ1n) is 5.45. The highest BCUT2D eigenvalue weighted by Crippen LogP contribution is 2.06. The van der Waals surface area contributed by atoms with Crippen molar-refractivity contribution in [2.75, 3.05) is 0 Å². The van der Waals surface area contributed by atoms with Gasteiger partial charge in [-0.15, -0.1) is 0 Å². The van der Waals surface area contributed by atoms with Crippen LogP contribution in [0, 0.1) is 6.92 Å². The lowest BCUT2D eigenvalue weighted by molar-refractivity contribution is 0.104. The average Bonchev–Trinajstić information content (AvgIpc) is 2.38. The van der Waals surface area contributed by atoms with E-state index in [-0.39, 0.29) is 5.78 Å². The van der Waals surface area contributed by atoms with Gasteiger partial charge in [-0.05, 0) is 30.7 Å². The highest BCUT2D eigenvalue weighted by molar-refractivity contribution is 6.06. The highest BCUT2D eigenvalue weighted by atomic mass is 16.1. The second kappa shape index (κ2) is 5.21. The standard InChI is InChI=1S/C15H13NO/c1-12-2-5-14(6-3-12)15(17)7-4-13-8-10-16-11-9-13/h2-11H,1H3/b7-4+. The summed E-state index contributed by atoms with van der Waals surface area (Å²) in [6.45, 7) is 2.00. The van der Waals surface area contributed by atoms with E-state index in [0.29, 0.717) is 5.56 Å². The molecule has 0 fully saturated rings. The summed E-state index contributed by atoms with van der Waals surface area (Å²) in [5, 5.41) is 0. The maximum Gasteiger partial charge on any atom is 0.185 e. The van der Waals surface area contributed by atoms with Gasteiger partial charge in [0.1, 0.15) is 0 Å².